The molecule has 2 aromatic rings. The fourth-order valence-corrected chi connectivity index (χ4v) is 4.03. The third kappa shape index (κ3) is 2.24. The Morgan fingerprint density at radius 3 is 2.83 bits per heavy atom. The van der Waals surface area contributed by atoms with Gasteiger partial charge in [0.05, 0.1) is 16.8 Å². The van der Waals surface area contributed by atoms with Crippen molar-refractivity contribution in [2.24, 2.45) is 0 Å². The standard InChI is InChI=1S/C17H13ClF2N2OS/c1-17-8-14(10-3-2-4-11(18)15(10)23-17)21-16(24)22(17)9-5-6-12(19)13(20)7-9/h2-7,14H,8H2,1H3,(H,21,24)/t14-,17-/m1/s1. The van der Waals surface area contributed by atoms with Crippen molar-refractivity contribution in [3.63, 3.8) is 0 Å². The lowest BCUT2D eigenvalue weighted by atomic mass is 9.90. The number of para-hydroxylation sites is 1. The van der Waals surface area contributed by atoms with Crippen LogP contribution in [0.5, 0.6) is 5.75 Å². The molecule has 1 N–H and O–H groups in total. The summed E-state index contributed by atoms with van der Waals surface area (Å²) < 4.78 is 33.1. The van der Waals surface area contributed by atoms with Crippen LogP contribution in [0.4, 0.5) is 14.5 Å². The average Bonchev–Trinajstić information content (AvgIpc) is 2.51. The van der Waals surface area contributed by atoms with Gasteiger partial charge in [-0.15, -0.1) is 0 Å². The van der Waals surface area contributed by atoms with Gasteiger partial charge in [-0.1, -0.05) is 23.7 Å². The molecule has 0 amide bonds. The van der Waals surface area contributed by atoms with Crippen molar-refractivity contribution in [1.29, 1.82) is 0 Å². The van der Waals surface area contributed by atoms with Crippen LogP contribution in [0.1, 0.15) is 24.9 Å². The van der Waals surface area contributed by atoms with Crippen molar-refractivity contribution in [2.45, 2.75) is 25.1 Å². The highest BCUT2D eigenvalue weighted by Gasteiger charge is 2.48. The van der Waals surface area contributed by atoms with E-state index in [4.69, 9.17) is 28.6 Å². The first-order chi connectivity index (χ1) is 11.4. The quantitative estimate of drug-likeness (QED) is 0.748. The molecule has 0 aliphatic carbocycles. The lowest BCUT2D eigenvalue weighted by Crippen LogP contribution is -2.65. The van der Waals surface area contributed by atoms with Crippen LogP contribution >= 0.6 is 23.8 Å². The van der Waals surface area contributed by atoms with Crippen molar-refractivity contribution in [3.8, 4) is 5.75 Å². The molecule has 2 aliphatic heterocycles. The van der Waals surface area contributed by atoms with E-state index in [1.165, 1.54) is 6.07 Å². The van der Waals surface area contributed by atoms with Crippen LogP contribution in [0.15, 0.2) is 36.4 Å². The smallest absolute Gasteiger partial charge is 0.188 e. The molecular weight excluding hydrogens is 354 g/mol. The summed E-state index contributed by atoms with van der Waals surface area (Å²) in [4.78, 5) is 1.66. The van der Waals surface area contributed by atoms with E-state index in [1.54, 1.807) is 11.0 Å². The topological polar surface area (TPSA) is 24.5 Å². The predicted molar refractivity (Wildman–Crippen MR) is 92.4 cm³/mol. The van der Waals surface area contributed by atoms with Crippen LogP contribution in [-0.4, -0.2) is 10.8 Å². The zero-order chi connectivity index (χ0) is 17.1. The van der Waals surface area contributed by atoms with E-state index in [0.717, 1.165) is 17.7 Å². The molecule has 24 heavy (non-hydrogen) atoms. The molecule has 2 atom stereocenters. The predicted octanol–water partition coefficient (Wildman–Crippen LogP) is 4.55. The summed E-state index contributed by atoms with van der Waals surface area (Å²) in [5.41, 5.74) is 0.505. The van der Waals surface area contributed by atoms with Crippen LogP contribution in [0.25, 0.3) is 0 Å². The summed E-state index contributed by atoms with van der Waals surface area (Å²) in [6, 6.07) is 9.17. The zero-order valence-corrected chi connectivity index (χ0v) is 14.2. The van der Waals surface area contributed by atoms with Crippen molar-refractivity contribution in [3.05, 3.63) is 58.6 Å². The van der Waals surface area contributed by atoms with E-state index in [0.29, 0.717) is 28.0 Å². The minimum atomic E-state index is -0.935. The normalized spacial score (nSPS) is 24.9. The molecule has 0 aromatic heterocycles. The summed E-state index contributed by atoms with van der Waals surface area (Å²) in [5, 5.41) is 4.14. The van der Waals surface area contributed by atoms with Gasteiger partial charge >= 0.3 is 0 Å². The first-order valence-corrected chi connectivity index (χ1v) is 8.21. The van der Waals surface area contributed by atoms with E-state index < -0.39 is 17.4 Å². The SMILES string of the molecule is C[C@@]12C[C@@H](NC(=S)N1c1ccc(F)c(F)c1)c1cccc(Cl)c1O2. The molecule has 1 saturated heterocycles. The molecule has 1 fully saturated rings. The third-order valence-electron chi connectivity index (χ3n) is 4.41. The van der Waals surface area contributed by atoms with Gasteiger partial charge in [0.15, 0.2) is 22.5 Å². The number of benzene rings is 2. The van der Waals surface area contributed by atoms with E-state index in [1.807, 2.05) is 19.1 Å². The summed E-state index contributed by atoms with van der Waals surface area (Å²) in [5.74, 6) is -1.26. The Labute approximate surface area is 148 Å². The van der Waals surface area contributed by atoms with Gasteiger partial charge in [0.2, 0.25) is 0 Å². The van der Waals surface area contributed by atoms with Gasteiger partial charge in [0, 0.05) is 18.1 Å². The molecule has 2 heterocycles. The maximum Gasteiger partial charge on any atom is 0.188 e. The molecule has 124 valence electrons. The van der Waals surface area contributed by atoms with Gasteiger partial charge in [-0.05, 0) is 37.3 Å². The molecule has 0 unspecified atom stereocenters. The maximum absolute atomic E-state index is 13.7. The summed E-state index contributed by atoms with van der Waals surface area (Å²) >= 11 is 11.7. The molecular formula is C17H13ClF2N2OS. The first-order valence-electron chi connectivity index (χ1n) is 7.42. The molecule has 2 aliphatic rings. The maximum atomic E-state index is 13.7. The van der Waals surface area contributed by atoms with Crippen molar-refractivity contribution < 1.29 is 13.5 Å². The minimum absolute atomic E-state index is 0.0495. The van der Waals surface area contributed by atoms with Gasteiger partial charge in [0.25, 0.3) is 0 Å². The minimum Gasteiger partial charge on any atom is -0.466 e. The van der Waals surface area contributed by atoms with E-state index in [9.17, 15) is 8.78 Å². The molecule has 4 rings (SSSR count). The van der Waals surface area contributed by atoms with Crippen LogP contribution in [0, 0.1) is 11.6 Å². The van der Waals surface area contributed by atoms with Crippen LogP contribution in [-0.2, 0) is 0 Å². The molecule has 2 bridgehead atoms. The Balaban J connectivity index is 1.83. The summed E-state index contributed by atoms with van der Waals surface area (Å²) in [6.07, 6.45) is 0.583. The second-order valence-corrected chi connectivity index (χ2v) is 6.87. The largest absolute Gasteiger partial charge is 0.466 e. The summed E-state index contributed by atoms with van der Waals surface area (Å²) in [7, 11) is 0. The molecule has 3 nitrogen and oxygen atoms in total. The number of nitrogens with one attached hydrogen (secondary N) is 1. The highest BCUT2D eigenvalue weighted by molar-refractivity contribution is 7.80. The van der Waals surface area contributed by atoms with Crippen molar-refractivity contribution >= 4 is 34.6 Å². The first kappa shape index (κ1) is 15.6. The third-order valence-corrected chi connectivity index (χ3v) is 5.01. The van der Waals surface area contributed by atoms with Gasteiger partial charge in [-0.25, -0.2) is 8.78 Å². The Bertz CT molecular complexity index is 862. The van der Waals surface area contributed by atoms with E-state index in [-0.39, 0.29) is 6.04 Å². The van der Waals surface area contributed by atoms with Crippen LogP contribution < -0.4 is 15.0 Å². The number of nitrogens with zero attached hydrogens (tertiary/aromatic N) is 1. The van der Waals surface area contributed by atoms with Crippen LogP contribution in [0.3, 0.4) is 0 Å². The Hall–Kier alpha value is -1.92. The molecule has 2 aromatic carbocycles. The molecule has 0 radical (unpaired) electrons. The number of ether oxygens (including phenoxy) is 1. The number of fused-ring (bicyclic) bond motifs is 4. The molecule has 0 spiro atoms. The number of thiocarbonyl (C=S) groups is 1. The number of rotatable bonds is 1. The fraction of sp³-hybridized carbons (Fsp3) is 0.235. The average molecular weight is 367 g/mol. The Morgan fingerprint density at radius 1 is 1.29 bits per heavy atom. The fourth-order valence-electron chi connectivity index (χ4n) is 3.37. The van der Waals surface area contributed by atoms with Crippen LogP contribution in [0.2, 0.25) is 5.02 Å². The number of hydrogen-bond acceptors (Lipinski definition) is 2. The second-order valence-electron chi connectivity index (χ2n) is 6.08. The molecule has 7 heteroatoms. The lowest BCUT2D eigenvalue weighted by molar-refractivity contribution is 0.0498. The highest BCUT2D eigenvalue weighted by atomic mass is 35.5. The number of anilines is 1. The van der Waals surface area contributed by atoms with Gasteiger partial charge in [0.1, 0.15) is 5.75 Å². The van der Waals surface area contributed by atoms with Crippen molar-refractivity contribution in [2.75, 3.05) is 4.90 Å². The van der Waals surface area contributed by atoms with E-state index in [2.05, 4.69) is 5.32 Å². The zero-order valence-electron chi connectivity index (χ0n) is 12.6. The second kappa shape index (κ2) is 5.29. The van der Waals surface area contributed by atoms with Crippen molar-refractivity contribution in [1.82, 2.24) is 5.32 Å². The van der Waals surface area contributed by atoms with Gasteiger partial charge in [-0.2, -0.15) is 0 Å². The molecule has 0 saturated carbocycles. The lowest BCUT2D eigenvalue weighted by Gasteiger charge is -2.52. The Morgan fingerprint density at radius 2 is 2.08 bits per heavy atom. The van der Waals surface area contributed by atoms with Gasteiger partial charge in [-0.3, -0.25) is 4.90 Å². The van der Waals surface area contributed by atoms with Gasteiger partial charge < -0.3 is 10.1 Å². The Kier molecular flexibility index (Phi) is 3.44. The summed E-state index contributed by atoms with van der Waals surface area (Å²) in [6.45, 7) is 1.86. The highest BCUT2D eigenvalue weighted by Crippen LogP contribution is 2.48. The van der Waals surface area contributed by atoms with E-state index >= 15 is 0 Å². The monoisotopic (exact) mass is 366 g/mol. The number of halogens is 3. The number of hydrogen-bond donors (Lipinski definition) is 1.